The molecule has 0 spiro atoms. The van der Waals surface area contributed by atoms with Crippen molar-refractivity contribution in [1.82, 2.24) is 20.1 Å². The summed E-state index contributed by atoms with van der Waals surface area (Å²) < 4.78 is 12.3. The Morgan fingerprint density at radius 2 is 1.89 bits per heavy atom. The maximum absolute atomic E-state index is 12.5. The average molecular weight is 396 g/mol. The number of aryl methyl sites for hydroxylation is 1. The third-order valence-electron chi connectivity index (χ3n) is 4.60. The van der Waals surface area contributed by atoms with Gasteiger partial charge in [0, 0.05) is 18.5 Å². The Morgan fingerprint density at radius 1 is 1.26 bits per heavy atom. The van der Waals surface area contributed by atoms with Crippen molar-refractivity contribution in [3.05, 3.63) is 29.6 Å². The van der Waals surface area contributed by atoms with Gasteiger partial charge in [0.15, 0.2) is 5.82 Å². The van der Waals surface area contributed by atoms with E-state index in [1.54, 1.807) is 25.9 Å². The summed E-state index contributed by atoms with van der Waals surface area (Å²) in [5.41, 5.74) is 0.704. The number of nitrogens with zero attached hydrogens (tertiary/aromatic N) is 3. The summed E-state index contributed by atoms with van der Waals surface area (Å²) in [6.45, 7) is 1.94. The summed E-state index contributed by atoms with van der Waals surface area (Å²) in [5, 5.41) is 10.7. The number of aromatic nitrogens is 3. The first-order valence-corrected chi connectivity index (χ1v) is 8.73. The average Bonchev–Trinajstić information content (AvgIpc) is 3.03. The molecule has 1 aliphatic heterocycles. The van der Waals surface area contributed by atoms with Crippen LogP contribution >= 0.6 is 12.4 Å². The zero-order valence-corrected chi connectivity index (χ0v) is 16.6. The first-order valence-electron chi connectivity index (χ1n) is 8.73. The Morgan fingerprint density at radius 3 is 2.48 bits per heavy atom. The zero-order valence-electron chi connectivity index (χ0n) is 15.8. The van der Waals surface area contributed by atoms with Gasteiger partial charge in [-0.3, -0.25) is 10.1 Å². The van der Waals surface area contributed by atoms with Crippen LogP contribution in [-0.2, 0) is 18.3 Å². The number of piperidine rings is 1. The number of rotatable bonds is 6. The van der Waals surface area contributed by atoms with E-state index in [0.717, 1.165) is 31.8 Å². The molecule has 0 saturated carbocycles. The predicted molar refractivity (Wildman–Crippen MR) is 105 cm³/mol. The van der Waals surface area contributed by atoms with E-state index in [9.17, 15) is 4.79 Å². The summed E-state index contributed by atoms with van der Waals surface area (Å²) in [7, 11) is 4.94. The monoisotopic (exact) mass is 395 g/mol. The molecule has 1 amide bonds. The zero-order chi connectivity index (χ0) is 18.5. The van der Waals surface area contributed by atoms with E-state index in [-0.39, 0.29) is 24.7 Å². The van der Waals surface area contributed by atoms with Crippen molar-refractivity contribution < 1.29 is 14.3 Å². The van der Waals surface area contributed by atoms with E-state index < -0.39 is 0 Å². The molecule has 0 radical (unpaired) electrons. The fourth-order valence-electron chi connectivity index (χ4n) is 3.20. The summed E-state index contributed by atoms with van der Waals surface area (Å²) in [5.74, 6) is 2.62. The molecule has 0 atom stereocenters. The number of ether oxygens (including phenoxy) is 2. The number of halogens is 1. The van der Waals surface area contributed by atoms with Crippen molar-refractivity contribution in [3.63, 3.8) is 0 Å². The smallest absolute Gasteiger partial charge is 0.231 e. The number of methoxy groups -OCH3 is 2. The molecule has 1 aromatic carbocycles. The predicted octanol–water partition coefficient (Wildman–Crippen LogP) is 1.90. The molecule has 27 heavy (non-hydrogen) atoms. The molecule has 0 unspecified atom stereocenters. The van der Waals surface area contributed by atoms with E-state index in [2.05, 4.69) is 20.7 Å². The van der Waals surface area contributed by atoms with Crippen LogP contribution in [-0.4, -0.2) is 48.0 Å². The Bertz CT molecular complexity index is 752. The molecular weight excluding hydrogens is 370 g/mol. The Kier molecular flexibility index (Phi) is 7.44. The maximum atomic E-state index is 12.5. The van der Waals surface area contributed by atoms with Gasteiger partial charge in [-0.15, -0.1) is 12.4 Å². The van der Waals surface area contributed by atoms with Crippen molar-refractivity contribution in [2.75, 3.05) is 32.6 Å². The summed E-state index contributed by atoms with van der Waals surface area (Å²) in [4.78, 5) is 17.1. The van der Waals surface area contributed by atoms with Gasteiger partial charge in [0.05, 0.1) is 20.6 Å². The van der Waals surface area contributed by atoms with Crippen LogP contribution in [0.2, 0.25) is 0 Å². The SMILES string of the molecule is COc1cccc(OC)c1CC(=O)Nc1nc(C2CCNCC2)nn1C.Cl. The van der Waals surface area contributed by atoms with Crippen LogP contribution in [0.25, 0.3) is 0 Å². The molecule has 2 aromatic rings. The molecule has 3 rings (SSSR count). The van der Waals surface area contributed by atoms with Crippen molar-refractivity contribution in [1.29, 1.82) is 0 Å². The van der Waals surface area contributed by atoms with Crippen molar-refractivity contribution in [3.8, 4) is 11.5 Å². The molecule has 1 saturated heterocycles. The Balaban J connectivity index is 0.00000261. The van der Waals surface area contributed by atoms with Crippen LogP contribution in [0, 0.1) is 0 Å². The van der Waals surface area contributed by atoms with Gasteiger partial charge in [-0.1, -0.05) is 6.07 Å². The fourth-order valence-corrected chi connectivity index (χ4v) is 3.20. The largest absolute Gasteiger partial charge is 0.496 e. The van der Waals surface area contributed by atoms with Crippen LogP contribution in [0.15, 0.2) is 18.2 Å². The quantitative estimate of drug-likeness (QED) is 0.776. The van der Waals surface area contributed by atoms with Gasteiger partial charge in [-0.25, -0.2) is 4.68 Å². The molecular formula is C18H26ClN5O3. The number of benzene rings is 1. The van der Waals surface area contributed by atoms with E-state index in [1.165, 1.54) is 0 Å². The number of carbonyl (C=O) groups is 1. The lowest BCUT2D eigenvalue weighted by Crippen LogP contribution is -2.27. The minimum absolute atomic E-state index is 0. The molecule has 0 aliphatic carbocycles. The lowest BCUT2D eigenvalue weighted by Gasteiger charge is -2.19. The summed E-state index contributed by atoms with van der Waals surface area (Å²) in [6.07, 6.45) is 2.15. The van der Waals surface area contributed by atoms with Crippen LogP contribution in [0.4, 0.5) is 5.95 Å². The van der Waals surface area contributed by atoms with Gasteiger partial charge >= 0.3 is 0 Å². The highest BCUT2D eigenvalue weighted by molar-refractivity contribution is 5.91. The highest BCUT2D eigenvalue weighted by Gasteiger charge is 2.22. The molecule has 1 aromatic heterocycles. The first-order chi connectivity index (χ1) is 12.6. The summed E-state index contributed by atoms with van der Waals surface area (Å²) in [6, 6.07) is 5.44. The van der Waals surface area contributed by atoms with Crippen LogP contribution in [0.5, 0.6) is 11.5 Å². The lowest BCUT2D eigenvalue weighted by molar-refractivity contribution is -0.115. The van der Waals surface area contributed by atoms with Crippen LogP contribution in [0.1, 0.15) is 30.1 Å². The van der Waals surface area contributed by atoms with Gasteiger partial charge in [-0.05, 0) is 38.1 Å². The minimum atomic E-state index is -0.194. The molecule has 9 heteroatoms. The van der Waals surface area contributed by atoms with Crippen molar-refractivity contribution in [2.45, 2.75) is 25.2 Å². The van der Waals surface area contributed by atoms with E-state index >= 15 is 0 Å². The maximum Gasteiger partial charge on any atom is 0.231 e. The van der Waals surface area contributed by atoms with Gasteiger partial charge < -0.3 is 14.8 Å². The van der Waals surface area contributed by atoms with Crippen molar-refractivity contribution >= 4 is 24.3 Å². The molecule has 148 valence electrons. The summed E-state index contributed by atoms with van der Waals surface area (Å²) >= 11 is 0. The normalized spacial score (nSPS) is 14.3. The third kappa shape index (κ3) is 4.90. The van der Waals surface area contributed by atoms with Crippen LogP contribution in [0.3, 0.4) is 0 Å². The van der Waals surface area contributed by atoms with Gasteiger partial charge in [0.25, 0.3) is 0 Å². The third-order valence-corrected chi connectivity index (χ3v) is 4.60. The fraction of sp³-hybridized carbons (Fsp3) is 0.500. The standard InChI is InChI=1S/C18H25N5O3.ClH/c1-23-18(21-17(22-23)12-7-9-19-10-8-12)20-16(24)11-13-14(25-2)5-4-6-15(13)26-3;/h4-6,12,19H,7-11H2,1-3H3,(H,20,21,22,24);1H. The second-order valence-corrected chi connectivity index (χ2v) is 6.31. The molecule has 1 aliphatic rings. The highest BCUT2D eigenvalue weighted by atomic mass is 35.5. The Hall–Kier alpha value is -2.32. The van der Waals surface area contributed by atoms with Crippen molar-refractivity contribution in [2.24, 2.45) is 7.05 Å². The molecule has 8 nitrogen and oxygen atoms in total. The Labute approximate surface area is 165 Å². The van der Waals surface area contributed by atoms with E-state index in [0.29, 0.717) is 28.9 Å². The minimum Gasteiger partial charge on any atom is -0.496 e. The number of amides is 1. The van der Waals surface area contributed by atoms with Gasteiger partial charge in [0.2, 0.25) is 11.9 Å². The lowest BCUT2D eigenvalue weighted by atomic mass is 9.98. The first kappa shape index (κ1) is 21.0. The van der Waals surface area contributed by atoms with E-state index in [1.807, 2.05) is 18.2 Å². The topological polar surface area (TPSA) is 90.3 Å². The van der Waals surface area contributed by atoms with E-state index in [4.69, 9.17) is 9.47 Å². The number of anilines is 1. The number of carbonyl (C=O) groups excluding carboxylic acids is 1. The molecule has 2 N–H and O–H groups in total. The highest BCUT2D eigenvalue weighted by Crippen LogP contribution is 2.29. The second kappa shape index (κ2) is 9.57. The number of nitrogens with one attached hydrogen (secondary N) is 2. The molecule has 2 heterocycles. The van der Waals surface area contributed by atoms with Crippen LogP contribution < -0.4 is 20.1 Å². The van der Waals surface area contributed by atoms with Gasteiger partial charge in [-0.2, -0.15) is 10.1 Å². The number of hydrogen-bond donors (Lipinski definition) is 2. The van der Waals surface area contributed by atoms with Gasteiger partial charge in [0.1, 0.15) is 11.5 Å². The second-order valence-electron chi connectivity index (χ2n) is 6.31. The molecule has 0 bridgehead atoms. The number of hydrogen-bond acceptors (Lipinski definition) is 6. The molecule has 1 fully saturated rings.